The molecule has 0 radical (unpaired) electrons. The summed E-state index contributed by atoms with van der Waals surface area (Å²) in [7, 11) is 0. The Morgan fingerprint density at radius 1 is 1.17 bits per heavy atom. The van der Waals surface area contributed by atoms with E-state index in [1.54, 1.807) is 0 Å². The third-order valence-corrected chi connectivity index (χ3v) is 2.40. The number of rotatable bonds is 6. The molecule has 0 amide bonds. The van der Waals surface area contributed by atoms with E-state index >= 15 is 0 Å². The van der Waals surface area contributed by atoms with E-state index in [2.05, 4.69) is 34.6 Å². The van der Waals surface area contributed by atoms with Crippen molar-refractivity contribution < 1.29 is 4.74 Å². The maximum atomic E-state index is 5.98. The van der Waals surface area contributed by atoms with Gasteiger partial charge in [-0.2, -0.15) is 0 Å². The SMILES string of the molecule is CCCC(CC)OC(C)(C)CC. The van der Waals surface area contributed by atoms with E-state index in [4.69, 9.17) is 4.74 Å². The number of ether oxygens (including phenoxy) is 1. The van der Waals surface area contributed by atoms with Crippen LogP contribution in [0.2, 0.25) is 0 Å². The maximum absolute atomic E-state index is 5.98. The summed E-state index contributed by atoms with van der Waals surface area (Å²) in [6.45, 7) is 10.9. The normalized spacial score (nSPS) is 14.8. The first-order valence-electron chi connectivity index (χ1n) is 5.23. The fourth-order valence-corrected chi connectivity index (χ4v) is 1.20. The second-order valence-electron chi connectivity index (χ2n) is 4.05. The van der Waals surface area contributed by atoms with E-state index in [9.17, 15) is 0 Å². The first-order chi connectivity index (χ1) is 5.55. The van der Waals surface area contributed by atoms with Gasteiger partial charge in [-0.15, -0.1) is 0 Å². The Bertz CT molecular complexity index is 108. The van der Waals surface area contributed by atoms with E-state index < -0.39 is 0 Å². The van der Waals surface area contributed by atoms with Crippen LogP contribution < -0.4 is 0 Å². The molecule has 0 aromatic rings. The molecule has 0 saturated heterocycles. The Morgan fingerprint density at radius 3 is 2.08 bits per heavy atom. The van der Waals surface area contributed by atoms with Gasteiger partial charge in [0, 0.05) is 0 Å². The van der Waals surface area contributed by atoms with Gasteiger partial charge >= 0.3 is 0 Å². The summed E-state index contributed by atoms with van der Waals surface area (Å²) in [4.78, 5) is 0. The van der Waals surface area contributed by atoms with Gasteiger partial charge in [0.25, 0.3) is 0 Å². The zero-order chi connectivity index (χ0) is 9.61. The number of hydrogen-bond acceptors (Lipinski definition) is 1. The molecule has 0 aliphatic rings. The molecule has 0 N–H and O–H groups in total. The first-order valence-corrected chi connectivity index (χ1v) is 5.23. The lowest BCUT2D eigenvalue weighted by molar-refractivity contribution is -0.0776. The molecule has 0 saturated carbocycles. The quantitative estimate of drug-likeness (QED) is 0.592. The monoisotopic (exact) mass is 172 g/mol. The molecule has 74 valence electrons. The molecule has 0 aliphatic carbocycles. The van der Waals surface area contributed by atoms with Gasteiger partial charge in [0.15, 0.2) is 0 Å². The summed E-state index contributed by atoms with van der Waals surface area (Å²) in [6.07, 6.45) is 5.10. The molecule has 0 heterocycles. The van der Waals surface area contributed by atoms with Crippen molar-refractivity contribution >= 4 is 0 Å². The smallest absolute Gasteiger partial charge is 0.0627 e. The van der Waals surface area contributed by atoms with Crippen molar-refractivity contribution in [2.75, 3.05) is 0 Å². The van der Waals surface area contributed by atoms with E-state index in [1.165, 1.54) is 12.8 Å². The van der Waals surface area contributed by atoms with Crippen LogP contribution in [0, 0.1) is 0 Å². The molecule has 0 aliphatic heterocycles. The lowest BCUT2D eigenvalue weighted by atomic mass is 10.0. The third kappa shape index (κ3) is 4.76. The summed E-state index contributed by atoms with van der Waals surface area (Å²) in [5, 5.41) is 0. The Morgan fingerprint density at radius 2 is 1.75 bits per heavy atom. The molecule has 1 unspecified atom stereocenters. The Balaban J connectivity index is 3.83. The summed E-state index contributed by atoms with van der Waals surface area (Å²) in [6, 6.07) is 0. The minimum atomic E-state index is 0.0653. The Labute approximate surface area is 77.5 Å². The van der Waals surface area contributed by atoms with Crippen molar-refractivity contribution in [2.45, 2.75) is 72.0 Å². The predicted octanol–water partition coefficient (Wildman–Crippen LogP) is 3.77. The van der Waals surface area contributed by atoms with Crippen LogP contribution >= 0.6 is 0 Å². The largest absolute Gasteiger partial charge is 0.372 e. The third-order valence-electron chi connectivity index (χ3n) is 2.40. The van der Waals surface area contributed by atoms with E-state index in [1.807, 2.05) is 0 Å². The minimum absolute atomic E-state index is 0.0653. The maximum Gasteiger partial charge on any atom is 0.0627 e. The van der Waals surface area contributed by atoms with Crippen LogP contribution in [0.5, 0.6) is 0 Å². The van der Waals surface area contributed by atoms with Gasteiger partial charge in [-0.3, -0.25) is 0 Å². The van der Waals surface area contributed by atoms with Gasteiger partial charge in [0.05, 0.1) is 11.7 Å². The van der Waals surface area contributed by atoms with Gasteiger partial charge < -0.3 is 4.74 Å². The fraction of sp³-hybridized carbons (Fsp3) is 1.00. The van der Waals surface area contributed by atoms with Crippen molar-refractivity contribution in [3.05, 3.63) is 0 Å². The fourth-order valence-electron chi connectivity index (χ4n) is 1.20. The minimum Gasteiger partial charge on any atom is -0.372 e. The van der Waals surface area contributed by atoms with Crippen LogP contribution in [-0.4, -0.2) is 11.7 Å². The van der Waals surface area contributed by atoms with E-state index in [0.29, 0.717) is 6.10 Å². The van der Waals surface area contributed by atoms with Crippen molar-refractivity contribution in [3.8, 4) is 0 Å². The molecule has 1 nitrogen and oxygen atoms in total. The molecule has 12 heavy (non-hydrogen) atoms. The zero-order valence-electron chi connectivity index (χ0n) is 9.31. The second-order valence-corrected chi connectivity index (χ2v) is 4.05. The van der Waals surface area contributed by atoms with Crippen LogP contribution in [0.4, 0.5) is 0 Å². The van der Waals surface area contributed by atoms with Crippen molar-refractivity contribution in [1.82, 2.24) is 0 Å². The second kappa shape index (κ2) is 5.58. The molecule has 0 bridgehead atoms. The molecule has 0 aromatic heterocycles. The lowest BCUT2D eigenvalue weighted by Crippen LogP contribution is -2.29. The van der Waals surface area contributed by atoms with Crippen LogP contribution in [0.15, 0.2) is 0 Å². The average molecular weight is 172 g/mol. The van der Waals surface area contributed by atoms with Crippen LogP contribution in [0.1, 0.15) is 60.3 Å². The molecule has 0 aromatic carbocycles. The molecular formula is C11H24O. The van der Waals surface area contributed by atoms with Crippen molar-refractivity contribution in [2.24, 2.45) is 0 Å². The van der Waals surface area contributed by atoms with Crippen molar-refractivity contribution in [1.29, 1.82) is 0 Å². The van der Waals surface area contributed by atoms with E-state index in [-0.39, 0.29) is 5.60 Å². The van der Waals surface area contributed by atoms with Gasteiger partial charge in [-0.25, -0.2) is 0 Å². The van der Waals surface area contributed by atoms with Crippen LogP contribution in [-0.2, 0) is 4.74 Å². The average Bonchev–Trinajstić information content (AvgIpc) is 2.03. The van der Waals surface area contributed by atoms with Crippen molar-refractivity contribution in [3.63, 3.8) is 0 Å². The highest BCUT2D eigenvalue weighted by molar-refractivity contribution is 4.69. The Kier molecular flexibility index (Phi) is 5.56. The van der Waals surface area contributed by atoms with E-state index in [0.717, 1.165) is 12.8 Å². The van der Waals surface area contributed by atoms with Crippen LogP contribution in [0.3, 0.4) is 0 Å². The number of hydrogen-bond donors (Lipinski definition) is 0. The van der Waals surface area contributed by atoms with Crippen LogP contribution in [0.25, 0.3) is 0 Å². The summed E-state index contributed by atoms with van der Waals surface area (Å²) < 4.78 is 5.98. The standard InChI is InChI=1S/C11H24O/c1-6-9-10(7-2)12-11(4,5)8-3/h10H,6-9H2,1-5H3. The Hall–Kier alpha value is -0.0400. The van der Waals surface area contributed by atoms with Gasteiger partial charge in [0.2, 0.25) is 0 Å². The summed E-state index contributed by atoms with van der Waals surface area (Å²) in [5.41, 5.74) is 0.0653. The highest BCUT2D eigenvalue weighted by Crippen LogP contribution is 2.20. The molecule has 0 spiro atoms. The van der Waals surface area contributed by atoms with Gasteiger partial charge in [0.1, 0.15) is 0 Å². The van der Waals surface area contributed by atoms with Gasteiger partial charge in [-0.1, -0.05) is 27.2 Å². The topological polar surface area (TPSA) is 9.23 Å². The molecule has 0 rings (SSSR count). The highest BCUT2D eigenvalue weighted by atomic mass is 16.5. The summed E-state index contributed by atoms with van der Waals surface area (Å²) >= 11 is 0. The lowest BCUT2D eigenvalue weighted by Gasteiger charge is -2.29. The molecule has 1 heteroatoms. The molecule has 1 atom stereocenters. The summed E-state index contributed by atoms with van der Waals surface area (Å²) in [5.74, 6) is 0. The predicted molar refractivity (Wildman–Crippen MR) is 54.4 cm³/mol. The molecule has 0 fully saturated rings. The highest BCUT2D eigenvalue weighted by Gasteiger charge is 2.19. The van der Waals surface area contributed by atoms with Gasteiger partial charge in [-0.05, 0) is 33.1 Å². The first kappa shape index (κ1) is 12.0. The molecular weight excluding hydrogens is 148 g/mol. The zero-order valence-corrected chi connectivity index (χ0v) is 9.31.